The molecule has 0 saturated carbocycles. The summed E-state index contributed by atoms with van der Waals surface area (Å²) in [7, 11) is -4.46. The van der Waals surface area contributed by atoms with E-state index in [0.29, 0.717) is 0 Å². The first-order valence-electron chi connectivity index (χ1n) is 8.96. The minimum absolute atomic E-state index is 0. The Morgan fingerprint density at radius 1 is 0.963 bits per heavy atom. The zero-order chi connectivity index (χ0) is 19.0. The van der Waals surface area contributed by atoms with Gasteiger partial charge in [0.2, 0.25) is 0 Å². The average molecular weight is 417 g/mol. The number of ether oxygens (including phenoxy) is 1. The van der Waals surface area contributed by atoms with Crippen LogP contribution in [0.3, 0.4) is 0 Å². The van der Waals surface area contributed by atoms with Gasteiger partial charge in [-0.05, 0) is 36.6 Å². The fourth-order valence-electron chi connectivity index (χ4n) is 2.76. The Balaban J connectivity index is 0.00000364. The molecule has 0 bridgehead atoms. The molecule has 1 N–H and O–H groups in total. The van der Waals surface area contributed by atoms with Crippen molar-refractivity contribution in [2.45, 2.75) is 56.8 Å². The average Bonchev–Trinajstić information content (AvgIpc) is 2.60. The SMILES string of the molecule is CCCCCCCCc1ccc(Oc2ccccc2[O-])c(S(=O)(=O)O)c1.[K+]. The van der Waals surface area contributed by atoms with Crippen LogP contribution in [0.1, 0.15) is 51.0 Å². The molecular formula is C20H25KO5S. The molecule has 0 aliphatic rings. The van der Waals surface area contributed by atoms with Crippen LogP contribution >= 0.6 is 0 Å². The number of unbranched alkanes of at least 4 members (excludes halogenated alkanes) is 5. The summed E-state index contributed by atoms with van der Waals surface area (Å²) in [5, 5.41) is 11.8. The summed E-state index contributed by atoms with van der Waals surface area (Å²) in [6.45, 7) is 2.17. The Morgan fingerprint density at radius 2 is 1.63 bits per heavy atom. The zero-order valence-corrected chi connectivity index (χ0v) is 19.9. The molecule has 0 saturated heterocycles. The minimum Gasteiger partial charge on any atom is -0.870 e. The summed E-state index contributed by atoms with van der Waals surface area (Å²) < 4.78 is 38.4. The predicted octanol–water partition coefficient (Wildman–Crippen LogP) is 1.71. The van der Waals surface area contributed by atoms with Gasteiger partial charge in [-0.15, -0.1) is 0 Å². The van der Waals surface area contributed by atoms with Gasteiger partial charge in [0.05, 0.1) is 0 Å². The molecule has 0 aliphatic heterocycles. The number of hydrogen-bond acceptors (Lipinski definition) is 4. The van der Waals surface area contributed by atoms with Crippen molar-refractivity contribution in [3.8, 4) is 17.2 Å². The van der Waals surface area contributed by atoms with Crippen LogP contribution in [0.2, 0.25) is 0 Å². The molecule has 0 radical (unpaired) electrons. The third-order valence-corrected chi connectivity index (χ3v) is 5.05. The van der Waals surface area contributed by atoms with Gasteiger partial charge in [0, 0.05) is 0 Å². The van der Waals surface area contributed by atoms with Gasteiger partial charge in [-0.2, -0.15) is 8.42 Å². The summed E-state index contributed by atoms with van der Waals surface area (Å²) >= 11 is 0. The van der Waals surface area contributed by atoms with Gasteiger partial charge in [-0.25, -0.2) is 0 Å². The Kier molecular flexibility index (Phi) is 11.1. The maximum Gasteiger partial charge on any atom is 1.00 e. The summed E-state index contributed by atoms with van der Waals surface area (Å²) in [5.74, 6) is -0.395. The standard InChI is InChI=1S/C20H26O5S.K/c1-2-3-4-5-6-7-10-16-13-14-19(20(15-16)26(22,23)24)25-18-12-9-8-11-17(18)21;/h8-9,11-15,21H,2-7,10H2,1H3,(H,22,23,24);/q;+1/p-1. The van der Waals surface area contributed by atoms with Gasteiger partial charge >= 0.3 is 51.4 Å². The summed E-state index contributed by atoms with van der Waals surface area (Å²) in [5.41, 5.74) is 0.816. The normalized spacial score (nSPS) is 11.0. The van der Waals surface area contributed by atoms with Crippen molar-refractivity contribution >= 4 is 10.1 Å². The van der Waals surface area contributed by atoms with E-state index in [0.717, 1.165) is 24.8 Å². The van der Waals surface area contributed by atoms with E-state index in [4.69, 9.17) is 4.74 Å². The van der Waals surface area contributed by atoms with E-state index in [1.165, 1.54) is 49.9 Å². The molecule has 142 valence electrons. The maximum atomic E-state index is 11.8. The Morgan fingerprint density at radius 3 is 2.30 bits per heavy atom. The monoisotopic (exact) mass is 416 g/mol. The van der Waals surface area contributed by atoms with E-state index in [9.17, 15) is 18.1 Å². The van der Waals surface area contributed by atoms with E-state index in [2.05, 4.69) is 6.92 Å². The number of aryl methyl sites for hydroxylation is 1. The second kappa shape index (κ2) is 12.2. The first-order valence-corrected chi connectivity index (χ1v) is 10.4. The summed E-state index contributed by atoms with van der Waals surface area (Å²) in [4.78, 5) is -0.316. The first-order chi connectivity index (χ1) is 12.4. The molecule has 27 heavy (non-hydrogen) atoms. The fraction of sp³-hybridized carbons (Fsp3) is 0.400. The van der Waals surface area contributed by atoms with Crippen molar-refractivity contribution in [3.63, 3.8) is 0 Å². The molecule has 0 heterocycles. The molecule has 5 nitrogen and oxygen atoms in total. The smallest absolute Gasteiger partial charge is 0.870 e. The molecule has 0 aliphatic carbocycles. The van der Waals surface area contributed by atoms with Crippen molar-refractivity contribution in [1.29, 1.82) is 0 Å². The zero-order valence-electron chi connectivity index (χ0n) is 16.0. The third-order valence-electron chi connectivity index (χ3n) is 4.17. The van der Waals surface area contributed by atoms with Crippen LogP contribution in [0.4, 0.5) is 0 Å². The molecule has 2 aromatic carbocycles. The van der Waals surface area contributed by atoms with Crippen LogP contribution < -0.4 is 61.2 Å². The third kappa shape index (κ3) is 8.23. The predicted molar refractivity (Wildman–Crippen MR) is 99.3 cm³/mol. The maximum absolute atomic E-state index is 11.8. The molecule has 0 aromatic heterocycles. The second-order valence-electron chi connectivity index (χ2n) is 6.32. The molecule has 2 rings (SSSR count). The van der Waals surface area contributed by atoms with E-state index in [-0.39, 0.29) is 73.5 Å². The molecule has 2 aromatic rings. The van der Waals surface area contributed by atoms with Crippen LogP contribution in [-0.4, -0.2) is 13.0 Å². The first kappa shape index (κ1) is 24.6. The van der Waals surface area contributed by atoms with Gasteiger partial charge in [-0.3, -0.25) is 4.55 Å². The number of benzene rings is 2. The molecule has 7 heteroatoms. The Labute approximate surface area is 204 Å². The fourth-order valence-corrected chi connectivity index (χ4v) is 3.42. The molecule has 0 unspecified atom stereocenters. The van der Waals surface area contributed by atoms with Crippen molar-refractivity contribution in [2.75, 3.05) is 0 Å². The van der Waals surface area contributed by atoms with Gasteiger partial charge in [0.15, 0.2) is 0 Å². The molecule has 0 spiro atoms. The molecular weight excluding hydrogens is 391 g/mol. The number of hydrogen-bond donors (Lipinski definition) is 1. The van der Waals surface area contributed by atoms with E-state index in [1.54, 1.807) is 18.2 Å². The van der Waals surface area contributed by atoms with E-state index in [1.807, 2.05) is 0 Å². The topological polar surface area (TPSA) is 86.7 Å². The molecule has 0 amide bonds. The second-order valence-corrected chi connectivity index (χ2v) is 7.71. The van der Waals surface area contributed by atoms with Crippen molar-refractivity contribution in [3.05, 3.63) is 48.0 Å². The Hall–Kier alpha value is -0.414. The minimum atomic E-state index is -4.46. The summed E-state index contributed by atoms with van der Waals surface area (Å²) in [6.07, 6.45) is 7.59. The van der Waals surface area contributed by atoms with Crippen LogP contribution in [0, 0.1) is 0 Å². The van der Waals surface area contributed by atoms with Crippen molar-refractivity contribution < 1.29 is 74.2 Å². The van der Waals surface area contributed by atoms with Gasteiger partial charge in [-0.1, -0.05) is 69.0 Å². The number of para-hydroxylation sites is 2. The van der Waals surface area contributed by atoms with Crippen LogP contribution in [0.15, 0.2) is 47.4 Å². The Bertz CT molecular complexity index is 821. The quantitative estimate of drug-likeness (QED) is 0.362. The molecule has 0 atom stereocenters. The van der Waals surface area contributed by atoms with Gasteiger partial charge in [0.25, 0.3) is 10.1 Å². The van der Waals surface area contributed by atoms with Gasteiger partial charge < -0.3 is 9.84 Å². The van der Waals surface area contributed by atoms with Crippen LogP contribution in [0.25, 0.3) is 0 Å². The van der Waals surface area contributed by atoms with Crippen molar-refractivity contribution in [1.82, 2.24) is 0 Å². The van der Waals surface area contributed by atoms with Crippen LogP contribution in [0.5, 0.6) is 17.2 Å². The van der Waals surface area contributed by atoms with Crippen LogP contribution in [-0.2, 0) is 16.5 Å². The largest absolute Gasteiger partial charge is 1.00 e. The van der Waals surface area contributed by atoms with E-state index >= 15 is 0 Å². The number of rotatable bonds is 10. The molecule has 0 fully saturated rings. The summed E-state index contributed by atoms with van der Waals surface area (Å²) in [6, 6.07) is 10.7. The van der Waals surface area contributed by atoms with Crippen molar-refractivity contribution in [2.24, 2.45) is 0 Å². The van der Waals surface area contributed by atoms with Gasteiger partial charge in [0.1, 0.15) is 16.4 Å². The van der Waals surface area contributed by atoms with E-state index < -0.39 is 10.1 Å².